The molecule has 0 radical (unpaired) electrons. The number of carbonyl (C=O) groups excluding carboxylic acids is 1. The van der Waals surface area contributed by atoms with Gasteiger partial charge in [0.2, 0.25) is 5.82 Å². The molecule has 0 saturated carbocycles. The first-order valence-corrected chi connectivity index (χ1v) is 8.59. The number of hydrogen-bond acceptors (Lipinski definition) is 5. The molecule has 1 amide bonds. The van der Waals surface area contributed by atoms with Crippen molar-refractivity contribution in [3.63, 3.8) is 0 Å². The standard InChI is InChI=1S/C18H16ClN5O2/c19-13-7-5-12(6-8-13)16-11-24(9-10-26-16)18(25)15-4-2-1-3-14(15)17-20-22-23-21-17/h1-8,16H,9-11H2,(H,20,21,22,23). The number of aromatic amines is 1. The van der Waals surface area contributed by atoms with E-state index in [-0.39, 0.29) is 12.0 Å². The Morgan fingerprint density at radius 2 is 2.00 bits per heavy atom. The summed E-state index contributed by atoms with van der Waals surface area (Å²) < 4.78 is 5.85. The first-order valence-electron chi connectivity index (χ1n) is 8.21. The predicted molar refractivity (Wildman–Crippen MR) is 95.7 cm³/mol. The van der Waals surface area contributed by atoms with Gasteiger partial charge < -0.3 is 9.64 Å². The zero-order valence-electron chi connectivity index (χ0n) is 13.8. The lowest BCUT2D eigenvalue weighted by atomic mass is 10.0. The van der Waals surface area contributed by atoms with Crippen LogP contribution in [0.1, 0.15) is 22.0 Å². The van der Waals surface area contributed by atoms with Crippen molar-refractivity contribution >= 4 is 17.5 Å². The number of benzene rings is 2. The molecule has 1 saturated heterocycles. The normalized spacial score (nSPS) is 17.3. The fourth-order valence-corrected chi connectivity index (χ4v) is 3.15. The maximum absolute atomic E-state index is 13.1. The molecule has 0 spiro atoms. The smallest absolute Gasteiger partial charge is 0.254 e. The van der Waals surface area contributed by atoms with Crippen molar-refractivity contribution < 1.29 is 9.53 Å². The quantitative estimate of drug-likeness (QED) is 0.767. The lowest BCUT2D eigenvalue weighted by molar-refractivity contribution is -0.0228. The number of amides is 1. The first-order chi connectivity index (χ1) is 12.7. The first kappa shape index (κ1) is 16.7. The number of tetrazole rings is 1. The monoisotopic (exact) mass is 369 g/mol. The van der Waals surface area contributed by atoms with Gasteiger partial charge in [-0.1, -0.05) is 41.9 Å². The van der Waals surface area contributed by atoms with Crippen molar-refractivity contribution in [3.05, 3.63) is 64.7 Å². The number of aromatic nitrogens is 4. The molecule has 8 heteroatoms. The molecule has 132 valence electrons. The lowest BCUT2D eigenvalue weighted by Gasteiger charge is -2.33. The van der Waals surface area contributed by atoms with E-state index in [1.165, 1.54) is 0 Å². The molecule has 1 aliphatic heterocycles. The SMILES string of the molecule is O=C(c1ccccc1-c1nn[nH]n1)N1CCOC(c2ccc(Cl)cc2)C1. The van der Waals surface area contributed by atoms with Crippen molar-refractivity contribution in [2.45, 2.75) is 6.10 Å². The van der Waals surface area contributed by atoms with Crippen LogP contribution in [0.3, 0.4) is 0 Å². The van der Waals surface area contributed by atoms with E-state index >= 15 is 0 Å². The number of hydrogen-bond donors (Lipinski definition) is 1. The van der Waals surface area contributed by atoms with Gasteiger partial charge in [-0.3, -0.25) is 4.79 Å². The minimum atomic E-state index is -0.178. The molecule has 26 heavy (non-hydrogen) atoms. The second-order valence-electron chi connectivity index (χ2n) is 5.94. The average Bonchev–Trinajstić information content (AvgIpc) is 3.23. The van der Waals surface area contributed by atoms with Crippen molar-refractivity contribution in [2.24, 2.45) is 0 Å². The number of rotatable bonds is 3. The Balaban J connectivity index is 1.58. The number of morpholine rings is 1. The van der Waals surface area contributed by atoms with E-state index in [9.17, 15) is 4.79 Å². The topological polar surface area (TPSA) is 84.0 Å². The maximum Gasteiger partial charge on any atom is 0.254 e. The van der Waals surface area contributed by atoms with Gasteiger partial charge in [0, 0.05) is 17.1 Å². The largest absolute Gasteiger partial charge is 0.370 e. The Bertz CT molecular complexity index is 898. The van der Waals surface area contributed by atoms with Crippen LogP contribution in [-0.2, 0) is 4.74 Å². The molecule has 2 heterocycles. The Morgan fingerprint density at radius 1 is 1.19 bits per heavy atom. The second kappa shape index (κ2) is 7.23. The number of H-pyrrole nitrogens is 1. The average molecular weight is 370 g/mol. The zero-order valence-corrected chi connectivity index (χ0v) is 14.6. The van der Waals surface area contributed by atoms with Gasteiger partial charge in [-0.05, 0) is 29.0 Å². The van der Waals surface area contributed by atoms with E-state index in [2.05, 4.69) is 20.6 Å². The van der Waals surface area contributed by atoms with Gasteiger partial charge in [-0.15, -0.1) is 10.2 Å². The Labute approximate surface area is 154 Å². The molecule has 1 unspecified atom stereocenters. The molecule has 7 nitrogen and oxygen atoms in total. The fourth-order valence-electron chi connectivity index (χ4n) is 3.02. The molecule has 1 fully saturated rings. The molecule has 2 aromatic carbocycles. The molecular formula is C18H16ClN5O2. The number of halogens is 1. The van der Waals surface area contributed by atoms with Gasteiger partial charge in [0.05, 0.1) is 18.7 Å². The van der Waals surface area contributed by atoms with Crippen LogP contribution >= 0.6 is 11.6 Å². The van der Waals surface area contributed by atoms with Crippen molar-refractivity contribution in [1.29, 1.82) is 0 Å². The molecular weight excluding hydrogens is 354 g/mol. The molecule has 0 bridgehead atoms. The summed E-state index contributed by atoms with van der Waals surface area (Å²) in [7, 11) is 0. The molecule has 3 aromatic rings. The summed E-state index contributed by atoms with van der Waals surface area (Å²) >= 11 is 5.95. The number of nitrogens with one attached hydrogen (secondary N) is 1. The number of carbonyl (C=O) groups is 1. The molecule has 0 aliphatic carbocycles. The van der Waals surface area contributed by atoms with Crippen LogP contribution < -0.4 is 0 Å². The lowest BCUT2D eigenvalue weighted by Crippen LogP contribution is -2.42. The summed E-state index contributed by atoms with van der Waals surface area (Å²) in [5.74, 6) is 0.323. The summed E-state index contributed by atoms with van der Waals surface area (Å²) in [6.07, 6.45) is -0.178. The van der Waals surface area contributed by atoms with Crippen LogP contribution in [0.25, 0.3) is 11.4 Å². The highest BCUT2D eigenvalue weighted by Crippen LogP contribution is 2.26. The fraction of sp³-hybridized carbons (Fsp3) is 0.222. The van der Waals surface area contributed by atoms with Crippen molar-refractivity contribution in [1.82, 2.24) is 25.5 Å². The third-order valence-corrected chi connectivity index (χ3v) is 4.59. The summed E-state index contributed by atoms with van der Waals surface area (Å²) in [6, 6.07) is 14.8. The van der Waals surface area contributed by atoms with E-state index < -0.39 is 0 Å². The molecule has 1 atom stereocenters. The Kier molecular flexibility index (Phi) is 4.64. The van der Waals surface area contributed by atoms with E-state index in [0.717, 1.165) is 5.56 Å². The van der Waals surface area contributed by atoms with Gasteiger partial charge >= 0.3 is 0 Å². The van der Waals surface area contributed by atoms with Crippen LogP contribution in [0, 0.1) is 0 Å². The maximum atomic E-state index is 13.1. The van der Waals surface area contributed by atoms with E-state index in [4.69, 9.17) is 16.3 Å². The molecule has 1 aliphatic rings. The van der Waals surface area contributed by atoms with Crippen LogP contribution in [0.2, 0.25) is 5.02 Å². The van der Waals surface area contributed by atoms with Crippen LogP contribution in [0.15, 0.2) is 48.5 Å². The number of ether oxygens (including phenoxy) is 1. The Hall–Kier alpha value is -2.77. The van der Waals surface area contributed by atoms with Crippen LogP contribution in [0.4, 0.5) is 0 Å². The van der Waals surface area contributed by atoms with E-state index in [1.807, 2.05) is 42.5 Å². The van der Waals surface area contributed by atoms with Gasteiger partial charge in [0.1, 0.15) is 6.10 Å². The second-order valence-corrected chi connectivity index (χ2v) is 6.38. The van der Waals surface area contributed by atoms with Crippen molar-refractivity contribution in [2.75, 3.05) is 19.7 Å². The minimum absolute atomic E-state index is 0.0762. The highest BCUT2D eigenvalue weighted by atomic mass is 35.5. The van der Waals surface area contributed by atoms with Gasteiger partial charge in [0.25, 0.3) is 5.91 Å². The molecule has 4 rings (SSSR count). The van der Waals surface area contributed by atoms with Gasteiger partial charge in [-0.25, -0.2) is 0 Å². The van der Waals surface area contributed by atoms with E-state index in [0.29, 0.717) is 41.7 Å². The number of nitrogens with zero attached hydrogens (tertiary/aromatic N) is 4. The van der Waals surface area contributed by atoms with Gasteiger partial charge in [-0.2, -0.15) is 5.21 Å². The van der Waals surface area contributed by atoms with Crippen LogP contribution in [0.5, 0.6) is 0 Å². The van der Waals surface area contributed by atoms with Crippen molar-refractivity contribution in [3.8, 4) is 11.4 Å². The van der Waals surface area contributed by atoms with E-state index in [1.54, 1.807) is 11.0 Å². The highest BCUT2D eigenvalue weighted by molar-refractivity contribution is 6.30. The zero-order chi connectivity index (χ0) is 17.9. The predicted octanol–water partition coefficient (Wildman–Crippen LogP) is 2.73. The summed E-state index contributed by atoms with van der Waals surface area (Å²) in [6.45, 7) is 1.48. The third-order valence-electron chi connectivity index (χ3n) is 4.34. The molecule has 1 N–H and O–H groups in total. The third kappa shape index (κ3) is 3.31. The summed E-state index contributed by atoms with van der Waals surface area (Å²) in [4.78, 5) is 14.9. The summed E-state index contributed by atoms with van der Waals surface area (Å²) in [5.41, 5.74) is 2.20. The Morgan fingerprint density at radius 3 is 2.77 bits per heavy atom. The van der Waals surface area contributed by atoms with Crippen LogP contribution in [-0.4, -0.2) is 51.1 Å². The highest BCUT2D eigenvalue weighted by Gasteiger charge is 2.28. The summed E-state index contributed by atoms with van der Waals surface area (Å²) in [5, 5.41) is 14.7. The van der Waals surface area contributed by atoms with Gasteiger partial charge in [0.15, 0.2) is 0 Å². The molecule has 1 aromatic heterocycles. The minimum Gasteiger partial charge on any atom is -0.370 e.